The van der Waals surface area contributed by atoms with Crippen molar-refractivity contribution in [3.05, 3.63) is 89.5 Å². The molecule has 2 atom stereocenters. The highest BCUT2D eigenvalue weighted by Gasteiger charge is 2.41. The van der Waals surface area contributed by atoms with Gasteiger partial charge in [0, 0.05) is 5.69 Å². The highest BCUT2D eigenvalue weighted by Crippen LogP contribution is 2.20. The summed E-state index contributed by atoms with van der Waals surface area (Å²) in [6.07, 6.45) is -4.43. The van der Waals surface area contributed by atoms with Crippen LogP contribution in [0.2, 0.25) is 0 Å². The van der Waals surface area contributed by atoms with Crippen LogP contribution in [0.3, 0.4) is 0 Å². The van der Waals surface area contributed by atoms with E-state index >= 15 is 0 Å². The molecule has 0 bridgehead atoms. The minimum absolute atomic E-state index is 0.0604. The lowest BCUT2D eigenvalue weighted by Gasteiger charge is -2.24. The molecule has 214 valence electrons. The summed E-state index contributed by atoms with van der Waals surface area (Å²) in [7, 11) is 2.75. The highest BCUT2D eigenvalue weighted by atomic mass is 16.6. The van der Waals surface area contributed by atoms with Gasteiger partial charge in [-0.1, -0.05) is 18.2 Å². The molecule has 3 rings (SSSR count). The van der Waals surface area contributed by atoms with Gasteiger partial charge in [-0.15, -0.1) is 0 Å². The average Bonchev–Trinajstić information content (AvgIpc) is 2.98. The summed E-state index contributed by atoms with van der Waals surface area (Å²) >= 11 is 0. The number of ether oxygens (including phenoxy) is 5. The molecule has 0 saturated carbocycles. The number of hydrogen-bond acceptors (Lipinski definition) is 10. The van der Waals surface area contributed by atoms with Crippen LogP contribution in [0.1, 0.15) is 38.0 Å². The monoisotopic (exact) mass is 565 g/mol. The van der Waals surface area contributed by atoms with Crippen LogP contribution >= 0.6 is 0 Å². The third-order valence-corrected chi connectivity index (χ3v) is 5.50. The van der Waals surface area contributed by atoms with E-state index in [1.54, 1.807) is 19.1 Å². The molecule has 0 aromatic heterocycles. The zero-order valence-electron chi connectivity index (χ0n) is 22.3. The number of methoxy groups -OCH3 is 2. The number of carbonyl (C=O) groups excluding carboxylic acids is 4. The fourth-order valence-electron chi connectivity index (χ4n) is 3.51. The van der Waals surface area contributed by atoms with Gasteiger partial charge in [0.05, 0.1) is 37.5 Å². The molecule has 2 N–H and O–H groups in total. The number of carbonyl (C=O) groups is 5. The lowest BCUT2D eigenvalue weighted by Crippen LogP contribution is -2.48. The highest BCUT2D eigenvalue weighted by molar-refractivity contribution is 6.02. The number of anilines is 1. The smallest absolute Gasteiger partial charge is 0.349 e. The SMILES string of the molecule is CCOC(=O)c1cccc(NC(=O)[C@@H](OC(=O)c2cccc(OC)c2)[C@H](OC(=O)c2cccc(OC)c2)C(=O)O)c1. The Bertz CT molecular complexity index is 1440. The molecule has 1 amide bonds. The maximum atomic E-state index is 13.4. The van der Waals surface area contributed by atoms with E-state index in [9.17, 15) is 29.1 Å². The number of aliphatic carboxylic acids is 1. The van der Waals surface area contributed by atoms with E-state index in [0.717, 1.165) is 0 Å². The largest absolute Gasteiger partial charge is 0.497 e. The van der Waals surface area contributed by atoms with Crippen molar-refractivity contribution in [2.75, 3.05) is 26.1 Å². The van der Waals surface area contributed by atoms with Crippen molar-refractivity contribution in [1.82, 2.24) is 0 Å². The Kier molecular flexibility index (Phi) is 10.4. The van der Waals surface area contributed by atoms with Crippen molar-refractivity contribution in [3.8, 4) is 11.5 Å². The van der Waals surface area contributed by atoms with Gasteiger partial charge in [-0.05, 0) is 61.5 Å². The maximum Gasteiger partial charge on any atom is 0.349 e. The van der Waals surface area contributed by atoms with Crippen LogP contribution in [0.25, 0.3) is 0 Å². The maximum absolute atomic E-state index is 13.4. The summed E-state index contributed by atoms with van der Waals surface area (Å²) in [5.74, 6) is -5.17. The molecule has 0 radical (unpaired) electrons. The number of carboxylic acids is 1. The second-order valence-electron chi connectivity index (χ2n) is 8.24. The van der Waals surface area contributed by atoms with Crippen LogP contribution in [-0.2, 0) is 23.8 Å². The van der Waals surface area contributed by atoms with E-state index in [-0.39, 0.29) is 29.0 Å². The van der Waals surface area contributed by atoms with Crippen molar-refractivity contribution in [2.45, 2.75) is 19.1 Å². The van der Waals surface area contributed by atoms with Crippen molar-refractivity contribution in [2.24, 2.45) is 0 Å². The Labute approximate surface area is 234 Å². The number of nitrogens with one attached hydrogen (secondary N) is 1. The van der Waals surface area contributed by atoms with E-state index < -0.39 is 42.0 Å². The molecule has 3 aromatic carbocycles. The summed E-state index contributed by atoms with van der Waals surface area (Å²) in [5, 5.41) is 12.3. The number of esters is 3. The quantitative estimate of drug-likeness (QED) is 0.244. The Hall–Kier alpha value is -5.39. The van der Waals surface area contributed by atoms with E-state index in [4.69, 9.17) is 23.7 Å². The van der Waals surface area contributed by atoms with Crippen molar-refractivity contribution >= 4 is 35.5 Å². The molecule has 0 aliphatic heterocycles. The van der Waals surface area contributed by atoms with Crippen molar-refractivity contribution in [3.63, 3.8) is 0 Å². The van der Waals surface area contributed by atoms with Crippen LogP contribution in [0, 0.1) is 0 Å². The zero-order valence-corrected chi connectivity index (χ0v) is 22.3. The summed E-state index contributed by atoms with van der Waals surface area (Å²) in [6.45, 7) is 1.75. The van der Waals surface area contributed by atoms with Crippen LogP contribution < -0.4 is 14.8 Å². The summed E-state index contributed by atoms with van der Waals surface area (Å²) in [4.78, 5) is 63.6. The first-order valence-electron chi connectivity index (χ1n) is 12.2. The van der Waals surface area contributed by atoms with E-state index in [2.05, 4.69) is 5.32 Å². The van der Waals surface area contributed by atoms with Crippen LogP contribution in [-0.4, -0.2) is 67.9 Å². The minimum atomic E-state index is -2.27. The van der Waals surface area contributed by atoms with Crippen LogP contribution in [0.5, 0.6) is 11.5 Å². The molecular weight excluding hydrogens is 538 g/mol. The van der Waals surface area contributed by atoms with Gasteiger partial charge in [0.15, 0.2) is 0 Å². The third-order valence-electron chi connectivity index (χ3n) is 5.50. The minimum Gasteiger partial charge on any atom is -0.497 e. The Morgan fingerprint density at radius 2 is 1.20 bits per heavy atom. The molecule has 0 fully saturated rings. The molecular formula is C29H27NO11. The summed E-state index contributed by atoms with van der Waals surface area (Å²) in [5.41, 5.74) is 0.0331. The van der Waals surface area contributed by atoms with E-state index in [1.165, 1.54) is 74.9 Å². The predicted octanol–water partition coefficient (Wildman–Crippen LogP) is 3.35. The average molecular weight is 566 g/mol. The van der Waals surface area contributed by atoms with Gasteiger partial charge in [0.1, 0.15) is 11.5 Å². The topological polar surface area (TPSA) is 164 Å². The van der Waals surface area contributed by atoms with Gasteiger partial charge >= 0.3 is 23.9 Å². The first-order chi connectivity index (χ1) is 19.7. The number of carboxylic acid groups (broad SMARTS) is 1. The third kappa shape index (κ3) is 8.05. The fraction of sp³-hybridized carbons (Fsp3) is 0.207. The molecule has 3 aromatic rings. The Morgan fingerprint density at radius 1 is 0.707 bits per heavy atom. The van der Waals surface area contributed by atoms with Crippen molar-refractivity contribution in [1.29, 1.82) is 0 Å². The lowest BCUT2D eigenvalue weighted by atomic mass is 10.1. The normalized spacial score (nSPS) is 11.8. The van der Waals surface area contributed by atoms with Gasteiger partial charge < -0.3 is 34.1 Å². The van der Waals surface area contributed by atoms with Gasteiger partial charge in [0.25, 0.3) is 5.91 Å². The number of benzene rings is 3. The van der Waals surface area contributed by atoms with E-state index in [0.29, 0.717) is 11.5 Å². The van der Waals surface area contributed by atoms with E-state index in [1.807, 2.05) is 0 Å². The number of amides is 1. The zero-order chi connectivity index (χ0) is 29.9. The molecule has 0 saturated heterocycles. The van der Waals surface area contributed by atoms with Gasteiger partial charge in [0.2, 0.25) is 12.2 Å². The van der Waals surface area contributed by atoms with Crippen molar-refractivity contribution < 1.29 is 52.8 Å². The Balaban J connectivity index is 1.94. The van der Waals surface area contributed by atoms with Gasteiger partial charge in [-0.25, -0.2) is 19.2 Å². The summed E-state index contributed by atoms with van der Waals surface area (Å²) in [6, 6.07) is 17.0. The molecule has 12 heteroatoms. The molecule has 12 nitrogen and oxygen atoms in total. The van der Waals surface area contributed by atoms with Crippen LogP contribution in [0.4, 0.5) is 5.69 Å². The summed E-state index contributed by atoms with van der Waals surface area (Å²) < 4.78 is 25.6. The second-order valence-corrected chi connectivity index (χ2v) is 8.24. The molecule has 0 spiro atoms. The molecule has 0 unspecified atom stereocenters. The van der Waals surface area contributed by atoms with Gasteiger partial charge in [-0.2, -0.15) is 0 Å². The predicted molar refractivity (Wildman–Crippen MR) is 143 cm³/mol. The number of hydrogen-bond donors (Lipinski definition) is 2. The first kappa shape index (κ1) is 30.2. The standard InChI is InChI=1S/C29H27NO11/c1-4-39-27(34)17-8-5-11-20(14-17)30-25(31)23(40-28(35)18-9-6-12-21(15-18)37-2)24(26(32)33)41-29(36)19-10-7-13-22(16-19)38-3/h5-16,23-24H,4H2,1-3H3,(H,30,31)(H,32,33)/t23-,24-/m0/s1. The molecule has 0 aliphatic rings. The van der Waals surface area contributed by atoms with Crippen LogP contribution in [0.15, 0.2) is 72.8 Å². The van der Waals surface area contributed by atoms with Gasteiger partial charge in [-0.3, -0.25) is 4.79 Å². The first-order valence-corrected chi connectivity index (χ1v) is 12.2. The molecule has 41 heavy (non-hydrogen) atoms. The fourth-order valence-corrected chi connectivity index (χ4v) is 3.51. The lowest BCUT2D eigenvalue weighted by molar-refractivity contribution is -0.157. The number of rotatable bonds is 12. The molecule has 0 heterocycles. The molecule has 0 aliphatic carbocycles. The second kappa shape index (κ2) is 14.1. The Morgan fingerprint density at radius 3 is 1.68 bits per heavy atom.